The SMILES string of the molecule is N#Cc1cnc2cnc(N(Nc3cc(C(F)F)cc(C4CCN(C5COC5)CC4)c3Cl)C3CC3)nn12. The molecule has 12 heteroatoms. The highest BCUT2D eigenvalue weighted by Crippen LogP contribution is 2.41. The molecule has 1 N–H and O–H groups in total. The number of piperidine rings is 1. The Bertz CT molecular complexity index is 1310. The molecule has 2 aromatic heterocycles. The van der Waals surface area contributed by atoms with E-state index in [-0.39, 0.29) is 23.2 Å². The summed E-state index contributed by atoms with van der Waals surface area (Å²) in [5.41, 5.74) is 5.05. The summed E-state index contributed by atoms with van der Waals surface area (Å²) in [6, 6.07) is 5.57. The molecule has 0 amide bonds. The Labute approximate surface area is 211 Å². The topological polar surface area (TPSA) is 94.6 Å². The quantitative estimate of drug-likeness (QED) is 0.470. The van der Waals surface area contributed by atoms with Gasteiger partial charge in [-0.2, -0.15) is 9.78 Å². The van der Waals surface area contributed by atoms with E-state index >= 15 is 0 Å². The lowest BCUT2D eigenvalue weighted by Crippen LogP contribution is -2.51. The number of nitrogens with zero attached hydrogens (tertiary/aromatic N) is 7. The van der Waals surface area contributed by atoms with Crippen molar-refractivity contribution in [1.29, 1.82) is 5.26 Å². The van der Waals surface area contributed by atoms with E-state index in [0.717, 1.165) is 57.6 Å². The number of anilines is 2. The van der Waals surface area contributed by atoms with E-state index in [1.165, 1.54) is 23.0 Å². The third kappa shape index (κ3) is 4.34. The molecule has 0 bridgehead atoms. The first kappa shape index (κ1) is 23.3. The van der Waals surface area contributed by atoms with Crippen LogP contribution in [0.3, 0.4) is 0 Å². The third-order valence-corrected chi connectivity index (χ3v) is 7.64. The third-order valence-electron chi connectivity index (χ3n) is 7.21. The van der Waals surface area contributed by atoms with Gasteiger partial charge in [0.15, 0.2) is 11.3 Å². The molecule has 2 saturated heterocycles. The Kier molecular flexibility index (Phi) is 6.11. The van der Waals surface area contributed by atoms with Crippen molar-refractivity contribution < 1.29 is 13.5 Å². The van der Waals surface area contributed by atoms with Crippen molar-refractivity contribution in [3.63, 3.8) is 0 Å². The minimum Gasteiger partial charge on any atom is -0.378 e. The molecule has 0 spiro atoms. The average Bonchev–Trinajstić information content (AvgIpc) is 3.61. The van der Waals surface area contributed by atoms with Crippen LogP contribution in [0.25, 0.3) is 5.65 Å². The monoisotopic (exact) mass is 514 g/mol. The highest BCUT2D eigenvalue weighted by atomic mass is 35.5. The van der Waals surface area contributed by atoms with Gasteiger partial charge in [-0.25, -0.2) is 18.7 Å². The maximum absolute atomic E-state index is 13.9. The van der Waals surface area contributed by atoms with Crippen LogP contribution >= 0.6 is 11.6 Å². The number of nitrogens with one attached hydrogen (secondary N) is 1. The van der Waals surface area contributed by atoms with Crippen molar-refractivity contribution in [2.75, 3.05) is 36.7 Å². The number of hydrazine groups is 1. The molecule has 3 aliphatic rings. The van der Waals surface area contributed by atoms with Crippen molar-refractivity contribution >= 4 is 28.9 Å². The van der Waals surface area contributed by atoms with Crippen molar-refractivity contribution in [2.24, 2.45) is 0 Å². The second kappa shape index (κ2) is 9.42. The van der Waals surface area contributed by atoms with Gasteiger partial charge < -0.3 is 4.74 Å². The molecule has 2 aliphatic heterocycles. The number of imidazole rings is 1. The van der Waals surface area contributed by atoms with Crippen LogP contribution < -0.4 is 10.4 Å². The molecule has 1 aliphatic carbocycles. The van der Waals surface area contributed by atoms with Crippen molar-refractivity contribution in [2.45, 2.75) is 50.1 Å². The first-order chi connectivity index (χ1) is 17.5. The fourth-order valence-electron chi connectivity index (χ4n) is 4.92. The number of alkyl halides is 2. The number of hydrogen-bond donors (Lipinski definition) is 1. The van der Waals surface area contributed by atoms with Gasteiger partial charge in [0.2, 0.25) is 0 Å². The van der Waals surface area contributed by atoms with Gasteiger partial charge in [0.25, 0.3) is 12.4 Å². The number of nitriles is 1. The van der Waals surface area contributed by atoms with E-state index in [4.69, 9.17) is 16.3 Å². The summed E-state index contributed by atoms with van der Waals surface area (Å²) in [7, 11) is 0. The predicted molar refractivity (Wildman–Crippen MR) is 129 cm³/mol. The molecule has 6 rings (SSSR count). The summed E-state index contributed by atoms with van der Waals surface area (Å²) in [5.74, 6) is 0.413. The molecule has 0 atom stereocenters. The van der Waals surface area contributed by atoms with Gasteiger partial charge in [-0.15, -0.1) is 5.10 Å². The van der Waals surface area contributed by atoms with Crippen LogP contribution in [0.4, 0.5) is 20.4 Å². The van der Waals surface area contributed by atoms with E-state index < -0.39 is 6.43 Å². The maximum Gasteiger partial charge on any atom is 0.263 e. The maximum atomic E-state index is 13.9. The van der Waals surface area contributed by atoms with Gasteiger partial charge in [0, 0.05) is 5.56 Å². The van der Waals surface area contributed by atoms with E-state index in [1.807, 2.05) is 0 Å². The Morgan fingerprint density at radius 2 is 1.92 bits per heavy atom. The Hall–Kier alpha value is -3.07. The zero-order valence-corrected chi connectivity index (χ0v) is 20.2. The van der Waals surface area contributed by atoms with Gasteiger partial charge >= 0.3 is 0 Å². The molecule has 36 heavy (non-hydrogen) atoms. The zero-order valence-electron chi connectivity index (χ0n) is 19.4. The molecule has 1 saturated carbocycles. The highest BCUT2D eigenvalue weighted by molar-refractivity contribution is 6.34. The standard InChI is InChI=1S/C24H25ClF2N8O/c25-22-19(14-3-5-33(6-4-14)18-12-36-13-18)7-15(23(26)27)8-20(22)31-35(16-1-2-16)24-30-11-21-29-10-17(9-28)34(21)32-24/h7-8,10-11,14,16,18,23,31H,1-6,12-13H2. The van der Waals surface area contributed by atoms with E-state index in [0.29, 0.717) is 28.3 Å². The predicted octanol–water partition coefficient (Wildman–Crippen LogP) is 4.16. The number of aromatic nitrogens is 4. The lowest BCUT2D eigenvalue weighted by Gasteiger charge is -2.41. The minimum absolute atomic E-state index is 0.0692. The molecule has 9 nitrogen and oxygen atoms in total. The number of rotatable bonds is 7. The average molecular weight is 515 g/mol. The summed E-state index contributed by atoms with van der Waals surface area (Å²) in [6.45, 7) is 3.32. The van der Waals surface area contributed by atoms with Gasteiger partial charge in [-0.05, 0) is 62.4 Å². The first-order valence-corrected chi connectivity index (χ1v) is 12.5. The number of ether oxygens (including phenoxy) is 1. The van der Waals surface area contributed by atoms with Crippen molar-refractivity contribution in [3.8, 4) is 6.07 Å². The van der Waals surface area contributed by atoms with E-state index in [9.17, 15) is 14.0 Å². The highest BCUT2D eigenvalue weighted by Gasteiger charge is 2.34. The largest absolute Gasteiger partial charge is 0.378 e. The summed E-state index contributed by atoms with van der Waals surface area (Å²) in [6.07, 6.45) is 3.83. The molecular weight excluding hydrogens is 490 g/mol. The second-order valence-electron chi connectivity index (χ2n) is 9.57. The van der Waals surface area contributed by atoms with Crippen LogP contribution in [-0.4, -0.2) is 62.9 Å². The Morgan fingerprint density at radius 1 is 1.14 bits per heavy atom. The normalized spacial score (nSPS) is 19.4. The molecule has 1 aromatic carbocycles. The number of hydrogen-bond acceptors (Lipinski definition) is 8. The fourth-order valence-corrected chi connectivity index (χ4v) is 5.23. The molecule has 0 radical (unpaired) electrons. The van der Waals surface area contributed by atoms with Crippen LogP contribution in [0.1, 0.15) is 54.8 Å². The van der Waals surface area contributed by atoms with E-state index in [2.05, 4.69) is 31.5 Å². The first-order valence-electron chi connectivity index (χ1n) is 12.1. The van der Waals surface area contributed by atoms with Crippen LogP contribution in [0.2, 0.25) is 5.02 Å². The summed E-state index contributed by atoms with van der Waals surface area (Å²) in [5, 5.41) is 16.0. The van der Waals surface area contributed by atoms with Crippen LogP contribution in [0, 0.1) is 11.3 Å². The van der Waals surface area contributed by atoms with E-state index in [1.54, 1.807) is 11.1 Å². The van der Waals surface area contributed by atoms with Crippen LogP contribution in [0.5, 0.6) is 0 Å². The molecule has 0 unspecified atom stereocenters. The Balaban J connectivity index is 1.30. The lowest BCUT2D eigenvalue weighted by molar-refractivity contribution is -0.0712. The van der Waals surface area contributed by atoms with Gasteiger partial charge in [-0.3, -0.25) is 15.3 Å². The van der Waals surface area contributed by atoms with Crippen LogP contribution in [0.15, 0.2) is 24.5 Å². The number of likely N-dealkylation sites (tertiary alicyclic amines) is 1. The molecule has 4 heterocycles. The van der Waals surface area contributed by atoms with Gasteiger partial charge in [-0.1, -0.05) is 11.6 Å². The van der Waals surface area contributed by atoms with Crippen molar-refractivity contribution in [3.05, 3.63) is 46.4 Å². The number of halogens is 3. The fraction of sp³-hybridized carbons (Fsp3) is 0.500. The van der Waals surface area contributed by atoms with Crippen LogP contribution in [-0.2, 0) is 4.74 Å². The second-order valence-corrected chi connectivity index (χ2v) is 9.95. The molecule has 3 aromatic rings. The Morgan fingerprint density at radius 3 is 2.56 bits per heavy atom. The minimum atomic E-state index is -2.63. The summed E-state index contributed by atoms with van der Waals surface area (Å²) < 4.78 is 34.6. The molecule has 188 valence electrons. The molecular formula is C24H25ClF2N8O. The van der Waals surface area contributed by atoms with Crippen molar-refractivity contribution in [1.82, 2.24) is 24.5 Å². The zero-order chi connectivity index (χ0) is 24.8. The van der Waals surface area contributed by atoms with Gasteiger partial charge in [0.05, 0.1) is 48.4 Å². The molecule has 3 fully saturated rings. The number of fused-ring (bicyclic) bond motifs is 1. The smallest absolute Gasteiger partial charge is 0.263 e. The van der Waals surface area contributed by atoms with Gasteiger partial charge in [0.1, 0.15) is 6.07 Å². The summed E-state index contributed by atoms with van der Waals surface area (Å²) >= 11 is 6.87. The lowest BCUT2D eigenvalue weighted by atomic mass is 9.87. The summed E-state index contributed by atoms with van der Waals surface area (Å²) in [4.78, 5) is 10.9. The number of benzene rings is 1.